The molecule has 10 heteroatoms. The summed E-state index contributed by atoms with van der Waals surface area (Å²) in [6.45, 7) is 0.231. The van der Waals surface area contributed by atoms with Gasteiger partial charge in [0, 0.05) is 23.9 Å². The van der Waals surface area contributed by atoms with Gasteiger partial charge in [-0.3, -0.25) is 0 Å². The standard InChI is InChI=1S/C25H22F7NO2/c1-2-16-6-3-4-9-22(16)35-20-8-5-7-19(13-20)33(15-23(34)25(30,31)32)14-17-12-18(24(27,28)29)10-11-21(17)26/h3-13,23,34H,2,14-15H2,1H3. The van der Waals surface area contributed by atoms with Crippen LogP contribution in [-0.2, 0) is 19.1 Å². The van der Waals surface area contributed by atoms with Crippen molar-refractivity contribution in [3.8, 4) is 11.5 Å². The zero-order chi connectivity index (χ0) is 25.8. The van der Waals surface area contributed by atoms with Gasteiger partial charge in [0.05, 0.1) is 12.1 Å². The van der Waals surface area contributed by atoms with Crippen molar-refractivity contribution < 1.29 is 40.6 Å². The molecule has 0 aliphatic heterocycles. The van der Waals surface area contributed by atoms with Crippen LogP contribution >= 0.6 is 0 Å². The molecule has 3 aromatic rings. The van der Waals surface area contributed by atoms with Gasteiger partial charge in [0.25, 0.3) is 0 Å². The summed E-state index contributed by atoms with van der Waals surface area (Å²) in [6.07, 6.45) is -11.9. The SMILES string of the molecule is CCc1ccccc1Oc1cccc(N(Cc2cc(C(F)(F)F)ccc2F)CC(O)C(F)(F)F)c1. The number of rotatable bonds is 8. The van der Waals surface area contributed by atoms with E-state index in [-0.39, 0.29) is 11.4 Å². The third-order valence-electron chi connectivity index (χ3n) is 5.27. The van der Waals surface area contributed by atoms with Crippen LogP contribution in [-0.4, -0.2) is 23.9 Å². The van der Waals surface area contributed by atoms with Crippen LogP contribution in [0, 0.1) is 5.82 Å². The monoisotopic (exact) mass is 501 g/mol. The summed E-state index contributed by atoms with van der Waals surface area (Å²) >= 11 is 0. The Bertz CT molecular complexity index is 1150. The van der Waals surface area contributed by atoms with Crippen LogP contribution in [0.1, 0.15) is 23.6 Å². The molecule has 35 heavy (non-hydrogen) atoms. The van der Waals surface area contributed by atoms with E-state index >= 15 is 0 Å². The fourth-order valence-electron chi connectivity index (χ4n) is 3.42. The molecule has 0 saturated carbocycles. The number of anilines is 1. The number of hydrogen-bond acceptors (Lipinski definition) is 3. The Morgan fingerprint density at radius 1 is 0.886 bits per heavy atom. The molecule has 188 valence electrons. The number of alkyl halides is 6. The van der Waals surface area contributed by atoms with Crippen molar-refractivity contribution >= 4 is 5.69 Å². The van der Waals surface area contributed by atoms with Crippen LogP contribution in [0.2, 0.25) is 0 Å². The number of benzene rings is 3. The summed E-state index contributed by atoms with van der Waals surface area (Å²) in [5.41, 5.74) is -0.639. The summed E-state index contributed by atoms with van der Waals surface area (Å²) in [5, 5.41) is 9.65. The van der Waals surface area contributed by atoms with E-state index in [9.17, 15) is 35.8 Å². The van der Waals surface area contributed by atoms with Crippen molar-refractivity contribution in [3.05, 3.63) is 89.2 Å². The second-order valence-corrected chi connectivity index (χ2v) is 7.80. The Morgan fingerprint density at radius 2 is 1.60 bits per heavy atom. The van der Waals surface area contributed by atoms with Gasteiger partial charge in [-0.2, -0.15) is 26.3 Å². The zero-order valence-corrected chi connectivity index (χ0v) is 18.5. The first-order valence-corrected chi connectivity index (χ1v) is 10.6. The van der Waals surface area contributed by atoms with Gasteiger partial charge in [0.1, 0.15) is 17.3 Å². The molecular weight excluding hydrogens is 479 g/mol. The molecule has 0 bridgehead atoms. The molecule has 3 nitrogen and oxygen atoms in total. The minimum absolute atomic E-state index is 0.0941. The first kappa shape index (κ1) is 26.3. The summed E-state index contributed by atoms with van der Waals surface area (Å²) in [6, 6.07) is 14.6. The summed E-state index contributed by atoms with van der Waals surface area (Å²) in [4.78, 5) is 0.954. The quantitative estimate of drug-likeness (QED) is 0.334. The zero-order valence-electron chi connectivity index (χ0n) is 18.5. The van der Waals surface area contributed by atoms with Gasteiger partial charge in [-0.05, 0) is 48.4 Å². The highest BCUT2D eigenvalue weighted by Gasteiger charge is 2.39. The Morgan fingerprint density at radius 3 is 2.26 bits per heavy atom. The third-order valence-corrected chi connectivity index (χ3v) is 5.27. The van der Waals surface area contributed by atoms with E-state index in [2.05, 4.69) is 0 Å². The molecule has 1 atom stereocenters. The fourth-order valence-corrected chi connectivity index (χ4v) is 3.42. The predicted molar refractivity (Wildman–Crippen MR) is 117 cm³/mol. The van der Waals surface area contributed by atoms with Crippen LogP contribution in [0.4, 0.5) is 36.4 Å². The molecule has 1 N–H and O–H groups in total. The number of hydrogen-bond donors (Lipinski definition) is 1. The largest absolute Gasteiger partial charge is 0.457 e. The van der Waals surface area contributed by atoms with Crippen LogP contribution in [0.25, 0.3) is 0 Å². The maximum absolute atomic E-state index is 14.4. The molecule has 0 fully saturated rings. The number of para-hydroxylation sites is 1. The lowest BCUT2D eigenvalue weighted by Crippen LogP contribution is -2.41. The van der Waals surface area contributed by atoms with Gasteiger partial charge in [-0.1, -0.05) is 31.2 Å². The summed E-state index contributed by atoms with van der Waals surface area (Å²) in [7, 11) is 0. The topological polar surface area (TPSA) is 32.7 Å². The van der Waals surface area contributed by atoms with Gasteiger partial charge in [-0.25, -0.2) is 4.39 Å². The minimum atomic E-state index is -4.99. The van der Waals surface area contributed by atoms with Gasteiger partial charge in [-0.15, -0.1) is 0 Å². The molecule has 0 amide bonds. The van der Waals surface area contributed by atoms with E-state index < -0.39 is 48.5 Å². The first-order valence-electron chi connectivity index (χ1n) is 10.6. The van der Waals surface area contributed by atoms with Crippen molar-refractivity contribution in [2.24, 2.45) is 0 Å². The molecule has 0 heterocycles. The van der Waals surface area contributed by atoms with Gasteiger partial charge in [0.2, 0.25) is 0 Å². The van der Waals surface area contributed by atoms with Gasteiger partial charge in [0.15, 0.2) is 6.10 Å². The third kappa shape index (κ3) is 6.88. The lowest BCUT2D eigenvalue weighted by atomic mass is 10.1. The number of halogens is 7. The molecule has 0 aliphatic rings. The average Bonchev–Trinajstić information content (AvgIpc) is 2.79. The Labute approximate surface area is 197 Å². The van der Waals surface area contributed by atoms with Crippen LogP contribution in [0.15, 0.2) is 66.7 Å². The van der Waals surface area contributed by atoms with Gasteiger partial charge < -0.3 is 14.7 Å². The molecule has 3 aromatic carbocycles. The second-order valence-electron chi connectivity index (χ2n) is 7.80. The lowest BCUT2D eigenvalue weighted by Gasteiger charge is -2.29. The van der Waals surface area contributed by atoms with Crippen molar-refractivity contribution in [1.29, 1.82) is 0 Å². The maximum Gasteiger partial charge on any atom is 0.416 e. The van der Waals surface area contributed by atoms with Crippen molar-refractivity contribution in [3.63, 3.8) is 0 Å². The maximum atomic E-state index is 14.4. The molecule has 1 unspecified atom stereocenters. The smallest absolute Gasteiger partial charge is 0.416 e. The van der Waals surface area contributed by atoms with Gasteiger partial charge >= 0.3 is 12.4 Å². The van der Waals surface area contributed by atoms with E-state index in [0.717, 1.165) is 10.5 Å². The summed E-state index contributed by atoms with van der Waals surface area (Å²) in [5.74, 6) is -0.244. The van der Waals surface area contributed by atoms with E-state index in [1.807, 2.05) is 19.1 Å². The molecule has 0 aromatic heterocycles. The van der Waals surface area contributed by atoms with Crippen molar-refractivity contribution in [1.82, 2.24) is 0 Å². The molecular formula is C25H22F7NO2. The van der Waals surface area contributed by atoms with Crippen molar-refractivity contribution in [2.45, 2.75) is 38.3 Å². The highest BCUT2D eigenvalue weighted by Crippen LogP contribution is 2.33. The highest BCUT2D eigenvalue weighted by molar-refractivity contribution is 5.53. The van der Waals surface area contributed by atoms with E-state index in [4.69, 9.17) is 4.74 Å². The van der Waals surface area contributed by atoms with E-state index in [1.165, 1.54) is 18.2 Å². The number of ether oxygens (including phenoxy) is 1. The normalized spacial score (nSPS) is 12.9. The summed E-state index contributed by atoms with van der Waals surface area (Å²) < 4.78 is 98.8. The average molecular weight is 501 g/mol. The predicted octanol–water partition coefficient (Wildman–Crippen LogP) is 7.13. The molecule has 0 saturated heterocycles. The second kappa shape index (κ2) is 10.6. The molecule has 0 radical (unpaired) electrons. The molecule has 0 spiro atoms. The lowest BCUT2D eigenvalue weighted by molar-refractivity contribution is -0.200. The Balaban J connectivity index is 1.97. The Hall–Kier alpha value is -3.27. The molecule has 0 aliphatic carbocycles. The van der Waals surface area contributed by atoms with Crippen LogP contribution in [0.3, 0.4) is 0 Å². The number of aryl methyl sites for hydroxylation is 1. The molecule has 3 rings (SSSR count). The minimum Gasteiger partial charge on any atom is -0.457 e. The number of aliphatic hydroxyl groups is 1. The van der Waals surface area contributed by atoms with Crippen molar-refractivity contribution in [2.75, 3.05) is 11.4 Å². The highest BCUT2D eigenvalue weighted by atomic mass is 19.4. The number of nitrogens with zero attached hydrogens (tertiary/aromatic N) is 1. The number of aliphatic hydroxyl groups excluding tert-OH is 1. The van der Waals surface area contributed by atoms with E-state index in [0.29, 0.717) is 30.4 Å². The fraction of sp³-hybridized carbons (Fsp3) is 0.280. The first-order chi connectivity index (χ1) is 16.4. The van der Waals surface area contributed by atoms with Crippen LogP contribution in [0.5, 0.6) is 11.5 Å². The Kier molecular flexibility index (Phi) is 7.94. The van der Waals surface area contributed by atoms with Crippen LogP contribution < -0.4 is 9.64 Å². The van der Waals surface area contributed by atoms with E-state index in [1.54, 1.807) is 18.2 Å².